The van der Waals surface area contributed by atoms with Crippen molar-refractivity contribution in [2.45, 2.75) is 32.9 Å². The second kappa shape index (κ2) is 6.77. The molecule has 110 valence electrons. The molecule has 1 fully saturated rings. The second-order valence-corrected chi connectivity index (χ2v) is 6.02. The van der Waals surface area contributed by atoms with Crippen LogP contribution in [0.4, 0.5) is 5.69 Å². The zero-order valence-electron chi connectivity index (χ0n) is 12.8. The van der Waals surface area contributed by atoms with E-state index in [0.717, 1.165) is 13.1 Å². The number of aryl methyl sites for hydroxylation is 1. The third-order valence-corrected chi connectivity index (χ3v) is 4.18. The Morgan fingerprint density at radius 1 is 0.857 bits per heavy atom. The minimum Gasteiger partial charge on any atom is -0.381 e. The van der Waals surface area contributed by atoms with Gasteiger partial charge in [0.15, 0.2) is 0 Å². The predicted octanol–water partition coefficient (Wildman–Crippen LogP) is 4.20. The first-order chi connectivity index (χ1) is 10.3. The standard InChI is InChI=1S/C19H24N2/c1-16-4-6-17(7-5-16)14-20-19-10-8-18(9-11-19)15-21-12-2-3-13-21/h4-11,20H,2-3,12-15H2,1H3. The number of likely N-dealkylation sites (tertiary alicyclic amines) is 1. The molecule has 1 saturated heterocycles. The van der Waals surface area contributed by atoms with Crippen molar-refractivity contribution in [1.29, 1.82) is 0 Å². The van der Waals surface area contributed by atoms with Crippen molar-refractivity contribution in [2.24, 2.45) is 0 Å². The van der Waals surface area contributed by atoms with E-state index in [9.17, 15) is 0 Å². The number of rotatable bonds is 5. The molecule has 0 spiro atoms. The van der Waals surface area contributed by atoms with Crippen molar-refractivity contribution in [1.82, 2.24) is 4.90 Å². The molecule has 0 amide bonds. The van der Waals surface area contributed by atoms with Gasteiger partial charge in [0.25, 0.3) is 0 Å². The summed E-state index contributed by atoms with van der Waals surface area (Å²) in [5.41, 5.74) is 5.24. The van der Waals surface area contributed by atoms with Gasteiger partial charge in [0.05, 0.1) is 0 Å². The highest BCUT2D eigenvalue weighted by Crippen LogP contribution is 2.16. The van der Waals surface area contributed by atoms with Crippen molar-refractivity contribution >= 4 is 5.69 Å². The molecule has 2 aromatic carbocycles. The Morgan fingerprint density at radius 3 is 2.14 bits per heavy atom. The summed E-state index contributed by atoms with van der Waals surface area (Å²) in [4.78, 5) is 2.54. The molecule has 0 unspecified atom stereocenters. The molecule has 1 N–H and O–H groups in total. The highest BCUT2D eigenvalue weighted by atomic mass is 15.1. The molecule has 2 aromatic rings. The summed E-state index contributed by atoms with van der Waals surface area (Å²) in [6.07, 6.45) is 2.71. The molecular formula is C19H24N2. The fourth-order valence-electron chi connectivity index (χ4n) is 2.84. The molecule has 2 heteroatoms. The van der Waals surface area contributed by atoms with Gasteiger partial charge in [-0.2, -0.15) is 0 Å². The van der Waals surface area contributed by atoms with Crippen molar-refractivity contribution < 1.29 is 0 Å². The van der Waals surface area contributed by atoms with Gasteiger partial charge in [-0.1, -0.05) is 42.0 Å². The van der Waals surface area contributed by atoms with Gasteiger partial charge < -0.3 is 5.32 Å². The van der Waals surface area contributed by atoms with E-state index < -0.39 is 0 Å². The Hall–Kier alpha value is -1.80. The third kappa shape index (κ3) is 4.08. The first kappa shape index (κ1) is 14.2. The number of benzene rings is 2. The Kier molecular flexibility index (Phi) is 4.56. The van der Waals surface area contributed by atoms with Gasteiger partial charge in [-0.25, -0.2) is 0 Å². The molecule has 1 aliphatic rings. The molecule has 21 heavy (non-hydrogen) atoms. The van der Waals surface area contributed by atoms with Crippen LogP contribution >= 0.6 is 0 Å². The topological polar surface area (TPSA) is 15.3 Å². The van der Waals surface area contributed by atoms with Gasteiger partial charge in [0, 0.05) is 18.8 Å². The zero-order valence-corrected chi connectivity index (χ0v) is 12.8. The van der Waals surface area contributed by atoms with Crippen LogP contribution in [0.25, 0.3) is 0 Å². The molecule has 1 aliphatic heterocycles. The van der Waals surface area contributed by atoms with Crippen molar-refractivity contribution in [2.75, 3.05) is 18.4 Å². The van der Waals surface area contributed by atoms with Crippen molar-refractivity contribution in [3.05, 3.63) is 65.2 Å². The lowest BCUT2D eigenvalue weighted by Gasteiger charge is -2.15. The Morgan fingerprint density at radius 2 is 1.48 bits per heavy atom. The minimum atomic E-state index is 0.881. The summed E-state index contributed by atoms with van der Waals surface area (Å²) in [7, 11) is 0. The van der Waals surface area contributed by atoms with E-state index in [1.54, 1.807) is 0 Å². The van der Waals surface area contributed by atoms with Crippen LogP contribution in [0.15, 0.2) is 48.5 Å². The van der Waals surface area contributed by atoms with Crippen LogP contribution in [0.5, 0.6) is 0 Å². The monoisotopic (exact) mass is 280 g/mol. The van der Waals surface area contributed by atoms with Gasteiger partial charge in [0.1, 0.15) is 0 Å². The quantitative estimate of drug-likeness (QED) is 0.883. The predicted molar refractivity (Wildman–Crippen MR) is 89.5 cm³/mol. The summed E-state index contributed by atoms with van der Waals surface area (Å²) < 4.78 is 0. The first-order valence-corrected chi connectivity index (χ1v) is 7.90. The molecule has 0 aromatic heterocycles. The second-order valence-electron chi connectivity index (χ2n) is 6.02. The maximum absolute atomic E-state index is 3.49. The lowest BCUT2D eigenvalue weighted by Crippen LogP contribution is -2.18. The molecule has 1 heterocycles. The molecule has 0 saturated carbocycles. The molecule has 0 atom stereocenters. The van der Waals surface area contributed by atoms with Crippen LogP contribution in [0.1, 0.15) is 29.5 Å². The van der Waals surface area contributed by atoms with Crippen LogP contribution in [0.3, 0.4) is 0 Å². The first-order valence-electron chi connectivity index (χ1n) is 7.90. The van der Waals surface area contributed by atoms with Crippen molar-refractivity contribution in [3.8, 4) is 0 Å². The van der Waals surface area contributed by atoms with Gasteiger partial charge >= 0.3 is 0 Å². The molecule has 0 bridgehead atoms. The van der Waals surface area contributed by atoms with E-state index in [4.69, 9.17) is 0 Å². The van der Waals surface area contributed by atoms with E-state index in [0.29, 0.717) is 0 Å². The van der Waals surface area contributed by atoms with E-state index >= 15 is 0 Å². The normalized spacial score (nSPS) is 15.3. The number of anilines is 1. The van der Waals surface area contributed by atoms with Crippen LogP contribution < -0.4 is 5.32 Å². The number of hydrogen-bond donors (Lipinski definition) is 1. The smallest absolute Gasteiger partial charge is 0.0400 e. The highest BCUT2D eigenvalue weighted by molar-refractivity contribution is 5.45. The average molecular weight is 280 g/mol. The van der Waals surface area contributed by atoms with Gasteiger partial charge in [-0.3, -0.25) is 4.90 Å². The molecule has 0 radical (unpaired) electrons. The Balaban J connectivity index is 1.52. The average Bonchev–Trinajstić information content (AvgIpc) is 3.01. The Bertz CT molecular complexity index is 551. The van der Waals surface area contributed by atoms with E-state index in [2.05, 4.69) is 65.7 Å². The van der Waals surface area contributed by atoms with E-state index in [-0.39, 0.29) is 0 Å². The highest BCUT2D eigenvalue weighted by Gasteiger charge is 2.11. The van der Waals surface area contributed by atoms with E-state index in [1.807, 2.05) is 0 Å². The lowest BCUT2D eigenvalue weighted by molar-refractivity contribution is 0.331. The number of nitrogens with zero attached hydrogens (tertiary/aromatic N) is 1. The van der Waals surface area contributed by atoms with Crippen LogP contribution in [0.2, 0.25) is 0 Å². The SMILES string of the molecule is Cc1ccc(CNc2ccc(CN3CCCC3)cc2)cc1. The van der Waals surface area contributed by atoms with E-state index in [1.165, 1.54) is 48.3 Å². The number of nitrogens with one attached hydrogen (secondary N) is 1. The summed E-state index contributed by atoms with van der Waals surface area (Å²) >= 11 is 0. The van der Waals surface area contributed by atoms with Crippen LogP contribution in [0, 0.1) is 6.92 Å². The summed E-state index contributed by atoms with van der Waals surface area (Å²) in [5, 5.41) is 3.49. The van der Waals surface area contributed by atoms with Gasteiger partial charge in [0.2, 0.25) is 0 Å². The summed E-state index contributed by atoms with van der Waals surface area (Å²) in [5.74, 6) is 0. The number of hydrogen-bond acceptors (Lipinski definition) is 2. The van der Waals surface area contributed by atoms with Gasteiger partial charge in [-0.05, 0) is 56.1 Å². The molecular weight excluding hydrogens is 256 g/mol. The molecule has 2 nitrogen and oxygen atoms in total. The molecule has 3 rings (SSSR count). The maximum atomic E-state index is 3.49. The van der Waals surface area contributed by atoms with Crippen LogP contribution in [-0.4, -0.2) is 18.0 Å². The lowest BCUT2D eigenvalue weighted by atomic mass is 10.1. The summed E-state index contributed by atoms with van der Waals surface area (Å²) in [6, 6.07) is 17.6. The third-order valence-electron chi connectivity index (χ3n) is 4.18. The molecule has 0 aliphatic carbocycles. The minimum absolute atomic E-state index is 0.881. The van der Waals surface area contributed by atoms with Crippen LogP contribution in [-0.2, 0) is 13.1 Å². The maximum Gasteiger partial charge on any atom is 0.0400 e. The fraction of sp³-hybridized carbons (Fsp3) is 0.368. The fourth-order valence-corrected chi connectivity index (χ4v) is 2.84. The zero-order chi connectivity index (χ0) is 14.5. The van der Waals surface area contributed by atoms with Gasteiger partial charge in [-0.15, -0.1) is 0 Å². The van der Waals surface area contributed by atoms with Crippen molar-refractivity contribution in [3.63, 3.8) is 0 Å². The largest absolute Gasteiger partial charge is 0.381 e. The summed E-state index contributed by atoms with van der Waals surface area (Å²) in [6.45, 7) is 6.61. The Labute approximate surface area is 127 Å².